The fraction of sp³-hybridized carbons (Fsp3) is 0.462. The number of amidine groups is 1. The molecule has 104 valence electrons. The third-order valence-corrected chi connectivity index (χ3v) is 2.90. The molecule has 6 nitrogen and oxygen atoms in total. The summed E-state index contributed by atoms with van der Waals surface area (Å²) >= 11 is 0. The molecule has 0 spiro atoms. The first-order valence-electron chi connectivity index (χ1n) is 6.22. The Morgan fingerprint density at radius 1 is 1.42 bits per heavy atom. The Bertz CT molecular complexity index is 455. The van der Waals surface area contributed by atoms with Gasteiger partial charge in [-0.3, -0.25) is 0 Å². The van der Waals surface area contributed by atoms with Crippen LogP contribution in [-0.4, -0.2) is 35.0 Å². The zero-order valence-electron chi connectivity index (χ0n) is 10.7. The molecule has 0 fully saturated rings. The standard InChI is InChI=1S/C13H18N2O4/c1-2-11(3-8-7-18-13(14)15-8)19-12-5-9(16)4-10(17)6-12/h4-6,8,11,16-17H,2-3,7H2,1H3,(H2,14,15)/t8-,11-/m0/s1. The summed E-state index contributed by atoms with van der Waals surface area (Å²) in [5.74, 6) is 0.368. The van der Waals surface area contributed by atoms with Gasteiger partial charge in [0.05, 0.1) is 6.04 Å². The van der Waals surface area contributed by atoms with Gasteiger partial charge in [0.15, 0.2) is 0 Å². The molecule has 0 saturated heterocycles. The van der Waals surface area contributed by atoms with Crippen LogP contribution in [0.15, 0.2) is 23.2 Å². The van der Waals surface area contributed by atoms with E-state index in [4.69, 9.17) is 15.2 Å². The average molecular weight is 266 g/mol. The van der Waals surface area contributed by atoms with Gasteiger partial charge in [0.25, 0.3) is 6.02 Å². The van der Waals surface area contributed by atoms with E-state index in [-0.39, 0.29) is 29.7 Å². The molecule has 1 aromatic rings. The fourth-order valence-corrected chi connectivity index (χ4v) is 1.99. The predicted octanol–water partition coefficient (Wildman–Crippen LogP) is 1.36. The quantitative estimate of drug-likeness (QED) is 0.747. The molecule has 0 radical (unpaired) electrons. The summed E-state index contributed by atoms with van der Waals surface area (Å²) < 4.78 is 10.8. The Labute approximate surface area is 111 Å². The Balaban J connectivity index is 1.98. The van der Waals surface area contributed by atoms with Gasteiger partial charge < -0.3 is 25.4 Å². The molecule has 1 aromatic carbocycles. The van der Waals surface area contributed by atoms with Crippen LogP contribution in [0.25, 0.3) is 0 Å². The molecule has 0 bridgehead atoms. The zero-order chi connectivity index (χ0) is 13.8. The van der Waals surface area contributed by atoms with Gasteiger partial charge in [0.2, 0.25) is 0 Å². The molecule has 0 saturated carbocycles. The second-order valence-corrected chi connectivity index (χ2v) is 4.50. The third-order valence-electron chi connectivity index (χ3n) is 2.90. The number of hydrogen-bond donors (Lipinski definition) is 3. The fourth-order valence-electron chi connectivity index (χ4n) is 1.99. The number of phenols is 2. The molecule has 1 aliphatic rings. The van der Waals surface area contributed by atoms with Crippen LogP contribution in [0.3, 0.4) is 0 Å². The molecule has 6 heteroatoms. The minimum atomic E-state index is -0.0792. The van der Waals surface area contributed by atoms with Crippen molar-refractivity contribution in [3.63, 3.8) is 0 Å². The van der Waals surface area contributed by atoms with Crippen LogP contribution in [0, 0.1) is 0 Å². The average Bonchev–Trinajstić information content (AvgIpc) is 2.72. The summed E-state index contributed by atoms with van der Waals surface area (Å²) in [6.45, 7) is 2.47. The lowest BCUT2D eigenvalue weighted by Gasteiger charge is -2.19. The lowest BCUT2D eigenvalue weighted by atomic mass is 10.1. The van der Waals surface area contributed by atoms with Crippen LogP contribution in [0.5, 0.6) is 17.2 Å². The Morgan fingerprint density at radius 2 is 2.11 bits per heavy atom. The van der Waals surface area contributed by atoms with Crippen molar-refractivity contribution in [3.05, 3.63) is 18.2 Å². The number of aromatic hydroxyl groups is 2. The maximum atomic E-state index is 9.40. The van der Waals surface area contributed by atoms with Crippen molar-refractivity contribution in [1.29, 1.82) is 0 Å². The van der Waals surface area contributed by atoms with Crippen molar-refractivity contribution in [2.45, 2.75) is 31.9 Å². The second kappa shape index (κ2) is 5.69. The van der Waals surface area contributed by atoms with Gasteiger partial charge in [-0.25, -0.2) is 4.99 Å². The van der Waals surface area contributed by atoms with Crippen molar-refractivity contribution in [3.8, 4) is 17.2 Å². The van der Waals surface area contributed by atoms with Crippen LogP contribution >= 0.6 is 0 Å². The molecular formula is C13H18N2O4. The minimum Gasteiger partial charge on any atom is -0.508 e. The van der Waals surface area contributed by atoms with Crippen LogP contribution in [-0.2, 0) is 4.74 Å². The van der Waals surface area contributed by atoms with Crippen molar-refractivity contribution >= 4 is 6.02 Å². The minimum absolute atomic E-state index is 0.00384. The SMILES string of the molecule is CC[C@@H](C[C@H]1COC(N)=N1)Oc1cc(O)cc(O)c1. The van der Waals surface area contributed by atoms with Gasteiger partial charge >= 0.3 is 0 Å². The molecule has 0 aliphatic carbocycles. The summed E-state index contributed by atoms with van der Waals surface area (Å²) in [7, 11) is 0. The predicted molar refractivity (Wildman–Crippen MR) is 70.5 cm³/mol. The van der Waals surface area contributed by atoms with E-state index in [2.05, 4.69) is 4.99 Å². The lowest BCUT2D eigenvalue weighted by molar-refractivity contribution is 0.167. The Hall–Kier alpha value is -2.11. The van der Waals surface area contributed by atoms with Crippen LogP contribution in [0.1, 0.15) is 19.8 Å². The molecule has 1 aliphatic heterocycles. The summed E-state index contributed by atoms with van der Waals surface area (Å²) in [5, 5.41) is 18.8. The van der Waals surface area contributed by atoms with Gasteiger partial charge in [-0.1, -0.05) is 6.92 Å². The molecule has 0 amide bonds. The van der Waals surface area contributed by atoms with E-state index in [1.54, 1.807) is 0 Å². The molecular weight excluding hydrogens is 248 g/mol. The van der Waals surface area contributed by atoms with E-state index in [1.165, 1.54) is 18.2 Å². The van der Waals surface area contributed by atoms with Gasteiger partial charge in [-0.05, 0) is 6.42 Å². The Morgan fingerprint density at radius 3 is 2.63 bits per heavy atom. The van der Waals surface area contributed by atoms with Crippen molar-refractivity contribution in [2.24, 2.45) is 10.7 Å². The number of phenolic OH excluding ortho intramolecular Hbond substituents is 2. The number of rotatable bonds is 5. The first-order valence-corrected chi connectivity index (χ1v) is 6.22. The van der Waals surface area contributed by atoms with Crippen LogP contribution in [0.4, 0.5) is 0 Å². The van der Waals surface area contributed by atoms with Gasteiger partial charge in [-0.2, -0.15) is 0 Å². The maximum Gasteiger partial charge on any atom is 0.282 e. The van der Waals surface area contributed by atoms with E-state index in [9.17, 15) is 10.2 Å². The largest absolute Gasteiger partial charge is 0.508 e. The normalized spacial score (nSPS) is 19.6. The molecule has 1 heterocycles. The van der Waals surface area contributed by atoms with Crippen LogP contribution < -0.4 is 10.5 Å². The molecule has 0 aromatic heterocycles. The molecule has 19 heavy (non-hydrogen) atoms. The second-order valence-electron chi connectivity index (χ2n) is 4.50. The van der Waals surface area contributed by atoms with Gasteiger partial charge in [-0.15, -0.1) is 0 Å². The summed E-state index contributed by atoms with van der Waals surface area (Å²) in [6.07, 6.45) is 1.38. The highest BCUT2D eigenvalue weighted by Crippen LogP contribution is 2.27. The molecule has 4 N–H and O–H groups in total. The number of ether oxygens (including phenoxy) is 2. The number of benzene rings is 1. The van der Waals surface area contributed by atoms with Gasteiger partial charge in [0.1, 0.15) is 30.0 Å². The van der Waals surface area contributed by atoms with Crippen molar-refractivity contribution in [2.75, 3.05) is 6.61 Å². The molecule has 0 unspecified atom stereocenters. The highest BCUT2D eigenvalue weighted by atomic mass is 16.5. The van der Waals surface area contributed by atoms with E-state index in [0.717, 1.165) is 6.42 Å². The monoisotopic (exact) mass is 266 g/mol. The molecule has 2 atom stereocenters. The van der Waals surface area contributed by atoms with E-state index in [1.807, 2.05) is 6.92 Å². The van der Waals surface area contributed by atoms with E-state index >= 15 is 0 Å². The molecule has 2 rings (SSSR count). The van der Waals surface area contributed by atoms with E-state index < -0.39 is 0 Å². The summed E-state index contributed by atoms with van der Waals surface area (Å²) in [4.78, 5) is 4.15. The first-order chi connectivity index (χ1) is 9.06. The van der Waals surface area contributed by atoms with E-state index in [0.29, 0.717) is 18.8 Å². The third kappa shape index (κ3) is 3.67. The topological polar surface area (TPSA) is 97.3 Å². The number of nitrogens with two attached hydrogens (primary N) is 1. The summed E-state index contributed by atoms with van der Waals surface area (Å²) in [5.41, 5.74) is 5.46. The van der Waals surface area contributed by atoms with Crippen LogP contribution in [0.2, 0.25) is 0 Å². The van der Waals surface area contributed by atoms with Crippen molar-refractivity contribution in [1.82, 2.24) is 0 Å². The lowest BCUT2D eigenvalue weighted by Crippen LogP contribution is -2.22. The number of hydrogen-bond acceptors (Lipinski definition) is 6. The maximum absolute atomic E-state index is 9.40. The highest BCUT2D eigenvalue weighted by Gasteiger charge is 2.22. The van der Waals surface area contributed by atoms with Gasteiger partial charge in [0, 0.05) is 24.6 Å². The first kappa shape index (κ1) is 13.3. The van der Waals surface area contributed by atoms with Crippen molar-refractivity contribution < 1.29 is 19.7 Å². The number of nitrogens with zero attached hydrogens (tertiary/aromatic N) is 1. The zero-order valence-corrected chi connectivity index (χ0v) is 10.7. The summed E-state index contributed by atoms with van der Waals surface area (Å²) in [6, 6.07) is 4.39. The Kier molecular flexibility index (Phi) is 3.99. The number of aliphatic imine (C=N–C) groups is 1. The smallest absolute Gasteiger partial charge is 0.282 e. The highest BCUT2D eigenvalue weighted by molar-refractivity contribution is 5.73.